The summed E-state index contributed by atoms with van der Waals surface area (Å²) in [6.45, 7) is 1.17. The topological polar surface area (TPSA) is 31.2 Å². The Labute approximate surface area is 141 Å². The van der Waals surface area contributed by atoms with E-state index in [-0.39, 0.29) is 0 Å². The van der Waals surface area contributed by atoms with Gasteiger partial charge in [-0.15, -0.1) is 0 Å². The normalized spacial score (nSPS) is 10.8. The Bertz CT molecular complexity index is 811. The van der Waals surface area contributed by atoms with Crippen molar-refractivity contribution < 1.29 is 9.53 Å². The summed E-state index contributed by atoms with van der Waals surface area (Å²) in [5.74, 6) is 0.777. The minimum Gasteiger partial charge on any atom is -0.492 e. The van der Waals surface area contributed by atoms with E-state index in [1.165, 1.54) is 0 Å². The van der Waals surface area contributed by atoms with Crippen molar-refractivity contribution in [1.29, 1.82) is 0 Å². The van der Waals surface area contributed by atoms with E-state index in [1.54, 1.807) is 12.1 Å². The molecule has 3 aromatic rings. The van der Waals surface area contributed by atoms with Crippen molar-refractivity contribution in [1.82, 2.24) is 4.57 Å². The van der Waals surface area contributed by atoms with Crippen molar-refractivity contribution in [2.75, 3.05) is 6.61 Å². The monoisotopic (exact) mass is 377 g/mol. The van der Waals surface area contributed by atoms with Crippen molar-refractivity contribution in [3.63, 3.8) is 0 Å². The van der Waals surface area contributed by atoms with Crippen LogP contribution in [0.25, 0.3) is 10.9 Å². The Hall–Kier alpha value is -1.78. The number of aromatic nitrogens is 1. The van der Waals surface area contributed by atoms with E-state index in [1.807, 2.05) is 41.1 Å². The quantitative estimate of drug-likeness (QED) is 0.588. The van der Waals surface area contributed by atoms with Gasteiger partial charge in [0.15, 0.2) is 6.29 Å². The first-order valence-corrected chi connectivity index (χ1v) is 7.96. The van der Waals surface area contributed by atoms with E-state index in [0.29, 0.717) is 23.7 Å². The van der Waals surface area contributed by atoms with Gasteiger partial charge in [0, 0.05) is 32.2 Å². The van der Waals surface area contributed by atoms with Gasteiger partial charge in [0.25, 0.3) is 0 Å². The van der Waals surface area contributed by atoms with Crippen LogP contribution >= 0.6 is 27.5 Å². The van der Waals surface area contributed by atoms with E-state index in [2.05, 4.69) is 15.9 Å². The second-order valence-electron chi connectivity index (χ2n) is 4.86. The molecule has 3 rings (SSSR count). The number of rotatable bonds is 5. The summed E-state index contributed by atoms with van der Waals surface area (Å²) < 4.78 is 8.69. The molecule has 0 unspecified atom stereocenters. The van der Waals surface area contributed by atoms with Gasteiger partial charge in [0.05, 0.1) is 6.54 Å². The molecule has 0 aliphatic heterocycles. The number of hydrogen-bond acceptors (Lipinski definition) is 2. The number of fused-ring (bicyclic) bond motifs is 1. The molecule has 3 nitrogen and oxygen atoms in total. The number of benzene rings is 2. The van der Waals surface area contributed by atoms with Gasteiger partial charge < -0.3 is 9.30 Å². The smallest absolute Gasteiger partial charge is 0.152 e. The second kappa shape index (κ2) is 6.55. The molecule has 0 N–H and O–H groups in total. The molecule has 0 aliphatic rings. The maximum Gasteiger partial charge on any atom is 0.152 e. The highest BCUT2D eigenvalue weighted by molar-refractivity contribution is 9.10. The number of nitrogens with zero attached hydrogens (tertiary/aromatic N) is 1. The molecule has 0 aliphatic carbocycles. The molecule has 0 radical (unpaired) electrons. The Morgan fingerprint density at radius 3 is 2.68 bits per heavy atom. The molecule has 0 saturated carbocycles. The minimum absolute atomic E-state index is 0.514. The Morgan fingerprint density at radius 1 is 1.18 bits per heavy atom. The van der Waals surface area contributed by atoms with Crippen LogP contribution in [0, 0.1) is 0 Å². The summed E-state index contributed by atoms with van der Waals surface area (Å²) in [5.41, 5.74) is 1.70. The number of halogens is 2. The molecule has 2 aromatic carbocycles. The zero-order chi connectivity index (χ0) is 15.5. The molecule has 22 heavy (non-hydrogen) atoms. The van der Waals surface area contributed by atoms with Gasteiger partial charge in [0.1, 0.15) is 12.4 Å². The molecule has 0 amide bonds. The lowest BCUT2D eigenvalue weighted by atomic mass is 10.2. The first kappa shape index (κ1) is 15.1. The minimum atomic E-state index is 0.514. The van der Waals surface area contributed by atoms with Gasteiger partial charge in [-0.3, -0.25) is 4.79 Å². The molecule has 5 heteroatoms. The van der Waals surface area contributed by atoms with E-state index in [4.69, 9.17) is 16.3 Å². The highest BCUT2D eigenvalue weighted by Crippen LogP contribution is 2.24. The van der Waals surface area contributed by atoms with Gasteiger partial charge >= 0.3 is 0 Å². The summed E-state index contributed by atoms with van der Waals surface area (Å²) in [4.78, 5) is 11.2. The zero-order valence-electron chi connectivity index (χ0n) is 11.6. The first-order chi connectivity index (χ1) is 10.7. The summed E-state index contributed by atoms with van der Waals surface area (Å²) >= 11 is 9.28. The van der Waals surface area contributed by atoms with Gasteiger partial charge in [-0.25, -0.2) is 0 Å². The lowest BCUT2D eigenvalue weighted by Gasteiger charge is -2.08. The van der Waals surface area contributed by atoms with Crippen molar-refractivity contribution in [2.45, 2.75) is 6.54 Å². The molecule has 0 atom stereocenters. The summed E-state index contributed by atoms with van der Waals surface area (Å²) in [7, 11) is 0. The van der Waals surface area contributed by atoms with Gasteiger partial charge in [0.2, 0.25) is 0 Å². The maximum atomic E-state index is 11.2. The third kappa shape index (κ3) is 3.18. The molecular formula is C17H13BrClNO2. The summed E-state index contributed by atoms with van der Waals surface area (Å²) in [6, 6.07) is 13.2. The number of aldehydes is 1. The predicted octanol–water partition coefficient (Wildman–Crippen LogP) is 4.95. The van der Waals surface area contributed by atoms with Crippen molar-refractivity contribution in [3.05, 3.63) is 63.7 Å². The Kier molecular flexibility index (Phi) is 4.50. The lowest BCUT2D eigenvalue weighted by Crippen LogP contribution is -2.07. The molecule has 0 fully saturated rings. The molecular weight excluding hydrogens is 366 g/mol. The highest BCUT2D eigenvalue weighted by Gasteiger charge is 2.08. The SMILES string of the molecule is O=Cc1cn(CCOc2ccc(Cl)cc2)c2ccc(Br)cc12. The highest BCUT2D eigenvalue weighted by atomic mass is 79.9. The fourth-order valence-electron chi connectivity index (χ4n) is 2.37. The third-order valence-corrected chi connectivity index (χ3v) is 4.16. The molecule has 0 bridgehead atoms. The van der Waals surface area contributed by atoms with Crippen LogP contribution in [0.4, 0.5) is 0 Å². The van der Waals surface area contributed by atoms with Crippen LogP contribution in [-0.4, -0.2) is 17.5 Å². The zero-order valence-corrected chi connectivity index (χ0v) is 14.0. The van der Waals surface area contributed by atoms with Crippen LogP contribution in [0.1, 0.15) is 10.4 Å². The van der Waals surface area contributed by atoms with Crippen molar-refractivity contribution in [3.8, 4) is 5.75 Å². The van der Waals surface area contributed by atoms with Gasteiger partial charge in [-0.1, -0.05) is 27.5 Å². The number of hydrogen-bond donors (Lipinski definition) is 0. The molecule has 0 saturated heterocycles. The van der Waals surface area contributed by atoms with Crippen LogP contribution in [0.15, 0.2) is 53.1 Å². The maximum absolute atomic E-state index is 11.2. The van der Waals surface area contributed by atoms with Crippen LogP contribution in [0.2, 0.25) is 5.02 Å². The Balaban J connectivity index is 1.76. The predicted molar refractivity (Wildman–Crippen MR) is 92.0 cm³/mol. The number of carbonyl (C=O) groups excluding carboxylic acids is 1. The van der Waals surface area contributed by atoms with Crippen LogP contribution in [0.5, 0.6) is 5.75 Å². The van der Waals surface area contributed by atoms with Crippen LogP contribution < -0.4 is 4.74 Å². The number of ether oxygens (including phenoxy) is 1. The standard InChI is InChI=1S/C17H13BrClNO2/c18-13-1-6-17-16(9-13)12(11-21)10-20(17)7-8-22-15-4-2-14(19)3-5-15/h1-6,9-11H,7-8H2. The molecule has 1 heterocycles. The fourth-order valence-corrected chi connectivity index (χ4v) is 2.86. The second-order valence-corrected chi connectivity index (χ2v) is 6.21. The summed E-state index contributed by atoms with van der Waals surface area (Å²) in [6.07, 6.45) is 2.74. The van der Waals surface area contributed by atoms with Crippen molar-refractivity contribution in [2.24, 2.45) is 0 Å². The van der Waals surface area contributed by atoms with Crippen LogP contribution in [-0.2, 0) is 6.54 Å². The third-order valence-electron chi connectivity index (χ3n) is 3.42. The van der Waals surface area contributed by atoms with Crippen LogP contribution in [0.3, 0.4) is 0 Å². The Morgan fingerprint density at radius 2 is 1.95 bits per heavy atom. The fraction of sp³-hybridized carbons (Fsp3) is 0.118. The number of carbonyl (C=O) groups is 1. The van der Waals surface area contributed by atoms with Gasteiger partial charge in [-0.05, 0) is 42.5 Å². The average molecular weight is 379 g/mol. The van der Waals surface area contributed by atoms with Gasteiger partial charge in [-0.2, -0.15) is 0 Å². The lowest BCUT2D eigenvalue weighted by molar-refractivity contribution is 0.112. The average Bonchev–Trinajstić information content (AvgIpc) is 2.86. The van der Waals surface area contributed by atoms with E-state index in [9.17, 15) is 4.79 Å². The van der Waals surface area contributed by atoms with E-state index < -0.39 is 0 Å². The van der Waals surface area contributed by atoms with E-state index >= 15 is 0 Å². The van der Waals surface area contributed by atoms with E-state index in [0.717, 1.165) is 27.4 Å². The summed E-state index contributed by atoms with van der Waals surface area (Å²) in [5, 5.41) is 1.63. The molecule has 1 aromatic heterocycles. The molecule has 0 spiro atoms. The van der Waals surface area contributed by atoms with Crippen molar-refractivity contribution >= 4 is 44.7 Å². The largest absolute Gasteiger partial charge is 0.492 e. The molecule has 112 valence electrons. The first-order valence-electron chi connectivity index (χ1n) is 6.79.